The van der Waals surface area contributed by atoms with Crippen LogP contribution >= 0.6 is 0 Å². The average molecular weight is 104 g/mol. The van der Waals surface area contributed by atoms with E-state index in [4.69, 9.17) is 5.11 Å². The van der Waals surface area contributed by atoms with Gasteiger partial charge in [0.2, 0.25) is 0 Å². The monoisotopic (exact) mass is 104 g/mol. The van der Waals surface area contributed by atoms with E-state index < -0.39 is 10.8 Å². The van der Waals surface area contributed by atoms with Gasteiger partial charge >= 0.3 is 5.90 Å². The van der Waals surface area contributed by atoms with Gasteiger partial charge in [-0.15, -0.1) is 4.90 Å². The van der Waals surface area contributed by atoms with Crippen LogP contribution in [0.15, 0.2) is 0 Å². The van der Waals surface area contributed by atoms with Crippen LogP contribution in [0.2, 0.25) is 0 Å². The molecule has 7 heavy (non-hydrogen) atoms. The summed E-state index contributed by atoms with van der Waals surface area (Å²) in [6.45, 7) is 1.51. The molecule has 4 nitrogen and oxygen atoms in total. The van der Waals surface area contributed by atoms with Crippen LogP contribution < -0.4 is 0 Å². The maximum absolute atomic E-state index is 9.45. The van der Waals surface area contributed by atoms with Gasteiger partial charge in [-0.3, -0.25) is 0 Å². The minimum Gasteiger partial charge on any atom is -0.610 e. The standard InChI is InChI=1S/C3H6NO3/c1-2-3(5)4(6)7/h2H2,1H3,(H-,5,6,7)/q-1. The van der Waals surface area contributed by atoms with Crippen LogP contribution in [-0.4, -0.2) is 15.9 Å². The minimum atomic E-state index is -0.806. The van der Waals surface area contributed by atoms with Crippen molar-refractivity contribution in [3.8, 4) is 0 Å². The number of hydrogen-bond acceptors (Lipinski definition) is 2. The Bertz CT molecular complexity index is 84.2. The number of nitrogens with zero attached hydrogens (tertiary/aromatic N) is 1. The quantitative estimate of drug-likeness (QED) is 0.226. The van der Waals surface area contributed by atoms with E-state index in [1.165, 1.54) is 6.92 Å². The smallest absolute Gasteiger partial charge is 0.356 e. The van der Waals surface area contributed by atoms with Gasteiger partial charge in [-0.05, 0) is 0 Å². The topological polar surface area (TPSA) is 69.4 Å². The van der Waals surface area contributed by atoms with Gasteiger partial charge in [0.1, 0.15) is 0 Å². The Labute approximate surface area is 40.9 Å². The fourth-order valence-electron chi connectivity index (χ4n) is 0.129. The van der Waals surface area contributed by atoms with Crippen LogP contribution in [0.25, 0.3) is 0 Å². The van der Waals surface area contributed by atoms with Crippen LogP contribution in [-0.2, 0) is 0 Å². The molecule has 0 unspecified atom stereocenters. The lowest BCUT2D eigenvalue weighted by Crippen LogP contribution is -2.06. The molecule has 42 valence electrons. The Hall–Kier alpha value is -0.930. The molecule has 0 saturated carbocycles. The molecule has 0 atom stereocenters. The van der Waals surface area contributed by atoms with Crippen molar-refractivity contribution in [3.63, 3.8) is 0 Å². The maximum Gasteiger partial charge on any atom is 0.356 e. The summed E-state index contributed by atoms with van der Waals surface area (Å²) < 4.78 is 0. The van der Waals surface area contributed by atoms with E-state index in [1.807, 2.05) is 0 Å². The third kappa shape index (κ3) is 1.86. The normalized spacial score (nSPS) is 8.14. The molecule has 0 heterocycles. The summed E-state index contributed by atoms with van der Waals surface area (Å²) in [6.07, 6.45) is 0.0903. The molecule has 4 heteroatoms. The molecule has 0 saturated heterocycles. The van der Waals surface area contributed by atoms with Crippen molar-refractivity contribution < 1.29 is 10.0 Å². The largest absolute Gasteiger partial charge is 0.610 e. The molecule has 0 fully saturated rings. The van der Waals surface area contributed by atoms with Crippen molar-refractivity contribution in [2.45, 2.75) is 13.3 Å². The Kier molecular flexibility index (Phi) is 1.98. The first-order valence-corrected chi connectivity index (χ1v) is 1.87. The van der Waals surface area contributed by atoms with Crippen LogP contribution in [0.5, 0.6) is 0 Å². The van der Waals surface area contributed by atoms with E-state index in [1.54, 1.807) is 0 Å². The Morgan fingerprint density at radius 1 is 1.71 bits per heavy atom. The van der Waals surface area contributed by atoms with E-state index in [0.717, 1.165) is 0 Å². The Balaban J connectivity index is 3.72. The Morgan fingerprint density at radius 3 is 2.14 bits per heavy atom. The molecular weight excluding hydrogens is 98.0 g/mol. The second-order valence-corrected chi connectivity index (χ2v) is 1.03. The second-order valence-electron chi connectivity index (χ2n) is 1.03. The highest BCUT2D eigenvalue weighted by Gasteiger charge is 1.92. The lowest BCUT2D eigenvalue weighted by Gasteiger charge is -2.02. The fourth-order valence-corrected chi connectivity index (χ4v) is 0.129. The molecule has 0 aromatic carbocycles. The van der Waals surface area contributed by atoms with Crippen molar-refractivity contribution in [3.05, 3.63) is 10.4 Å². The molecule has 0 aromatic rings. The molecule has 0 aliphatic rings. The molecule has 1 N–H and O–H groups in total. The number of aliphatic hydroxyl groups excluding tert-OH is 1. The summed E-state index contributed by atoms with van der Waals surface area (Å²) in [7, 11) is 0. The molecule has 0 aliphatic heterocycles. The lowest BCUT2D eigenvalue weighted by molar-refractivity contribution is -0.391. The predicted octanol–water partition coefficient (Wildman–Crippen LogP) is 0.361. The van der Waals surface area contributed by atoms with Crippen LogP contribution in [0, 0.1) is 10.4 Å². The Morgan fingerprint density at radius 2 is 2.14 bits per heavy atom. The predicted molar refractivity (Wildman–Crippen MR) is 24.9 cm³/mol. The van der Waals surface area contributed by atoms with Crippen molar-refractivity contribution in [2.75, 3.05) is 0 Å². The van der Waals surface area contributed by atoms with E-state index in [0.29, 0.717) is 0 Å². The summed E-state index contributed by atoms with van der Waals surface area (Å²) >= 11 is 0. The number of aliphatic hydroxyl groups is 1. The summed E-state index contributed by atoms with van der Waals surface area (Å²) in [4.78, 5) is -0.806. The van der Waals surface area contributed by atoms with Crippen molar-refractivity contribution in [1.82, 2.24) is 0 Å². The molecule has 0 spiro atoms. The molecule has 0 amide bonds. The SMILES string of the molecule is CCC(O)=[N+]([O-])[O-]. The third-order valence-electron chi connectivity index (χ3n) is 0.527. The molecule has 0 aliphatic carbocycles. The summed E-state index contributed by atoms with van der Waals surface area (Å²) in [6, 6.07) is 0. The number of rotatable bonds is 1. The highest BCUT2D eigenvalue weighted by Crippen LogP contribution is 1.76. The molecular formula is C3H6NO3-. The molecule has 0 rings (SSSR count). The lowest BCUT2D eigenvalue weighted by atomic mass is 10.5. The van der Waals surface area contributed by atoms with E-state index in [2.05, 4.69) is 0 Å². The van der Waals surface area contributed by atoms with Gasteiger partial charge < -0.3 is 15.5 Å². The van der Waals surface area contributed by atoms with Gasteiger partial charge in [-0.25, -0.2) is 0 Å². The van der Waals surface area contributed by atoms with E-state index in [9.17, 15) is 10.4 Å². The van der Waals surface area contributed by atoms with Crippen LogP contribution in [0.4, 0.5) is 0 Å². The van der Waals surface area contributed by atoms with Crippen molar-refractivity contribution in [1.29, 1.82) is 0 Å². The summed E-state index contributed by atoms with van der Waals surface area (Å²) in [5, 5.41) is 27.1. The van der Waals surface area contributed by atoms with Gasteiger partial charge in [-0.1, -0.05) is 6.92 Å². The zero-order valence-electron chi connectivity index (χ0n) is 3.92. The first-order valence-electron chi connectivity index (χ1n) is 1.87. The summed E-state index contributed by atoms with van der Waals surface area (Å²) in [5.74, 6) is -0.681. The average Bonchev–Trinajstić information content (AvgIpc) is 1.65. The number of hydrogen-bond donors (Lipinski definition) is 1. The highest BCUT2D eigenvalue weighted by molar-refractivity contribution is 5.67. The zero-order valence-corrected chi connectivity index (χ0v) is 3.92. The van der Waals surface area contributed by atoms with E-state index in [-0.39, 0.29) is 6.42 Å². The highest BCUT2D eigenvalue weighted by atomic mass is 16.8. The molecule has 0 bridgehead atoms. The van der Waals surface area contributed by atoms with Crippen molar-refractivity contribution >= 4 is 5.90 Å². The second kappa shape index (κ2) is 2.28. The van der Waals surface area contributed by atoms with Gasteiger partial charge in [0.05, 0.1) is 6.42 Å². The first-order chi connectivity index (χ1) is 3.18. The minimum absolute atomic E-state index is 0.0903. The van der Waals surface area contributed by atoms with Gasteiger partial charge in [-0.2, -0.15) is 0 Å². The fraction of sp³-hybridized carbons (Fsp3) is 0.667. The first kappa shape index (κ1) is 6.07. The van der Waals surface area contributed by atoms with Gasteiger partial charge in [0.15, 0.2) is 0 Å². The molecule has 0 aromatic heterocycles. The molecule has 0 radical (unpaired) electrons. The van der Waals surface area contributed by atoms with Crippen LogP contribution in [0.1, 0.15) is 13.3 Å². The van der Waals surface area contributed by atoms with Gasteiger partial charge in [0.25, 0.3) is 0 Å². The zero-order chi connectivity index (χ0) is 5.86. The summed E-state index contributed by atoms with van der Waals surface area (Å²) in [5.41, 5.74) is 0. The third-order valence-corrected chi connectivity index (χ3v) is 0.527. The van der Waals surface area contributed by atoms with Gasteiger partial charge in [0, 0.05) is 0 Å². The van der Waals surface area contributed by atoms with E-state index >= 15 is 0 Å². The van der Waals surface area contributed by atoms with Crippen molar-refractivity contribution in [2.24, 2.45) is 0 Å². The van der Waals surface area contributed by atoms with Crippen LogP contribution in [0.3, 0.4) is 0 Å². The maximum atomic E-state index is 9.45.